The SMILES string of the molecule is C=N/C(=C\C=NC)NS(=O)(=O)c1c(F)cc(N[C@@H](N)c2cc(Cl)ccc2F)cc1F. The molecule has 2 aromatic carbocycles. The molecule has 0 amide bonds. The fraction of sp³-hybridized carbons (Fsp3) is 0.111. The topological polar surface area (TPSA) is 109 Å². The number of allylic oxidation sites excluding steroid dienone is 1. The smallest absolute Gasteiger partial charge is 0.268 e. The van der Waals surface area contributed by atoms with Crippen molar-refractivity contribution in [1.29, 1.82) is 0 Å². The molecule has 0 aromatic heterocycles. The molecular formula is C18H17ClF3N5O2S. The Hall–Kier alpha value is -2.89. The number of sulfonamides is 1. The number of anilines is 1. The number of nitrogens with two attached hydrogens (primary N) is 1. The zero-order valence-electron chi connectivity index (χ0n) is 15.5. The Morgan fingerprint density at radius 2 is 1.83 bits per heavy atom. The number of rotatable bonds is 8. The normalized spacial score (nSPS) is 13.3. The van der Waals surface area contributed by atoms with Crippen molar-refractivity contribution >= 4 is 40.2 Å². The summed E-state index contributed by atoms with van der Waals surface area (Å²) >= 11 is 5.80. The molecule has 2 aromatic rings. The summed E-state index contributed by atoms with van der Waals surface area (Å²) in [6.07, 6.45) is 1.15. The minimum atomic E-state index is -4.67. The van der Waals surface area contributed by atoms with Crippen LogP contribution < -0.4 is 15.8 Å². The fourth-order valence-electron chi connectivity index (χ4n) is 2.36. The van der Waals surface area contributed by atoms with Gasteiger partial charge in [-0.2, -0.15) is 0 Å². The summed E-state index contributed by atoms with van der Waals surface area (Å²) < 4.78 is 69.5. The maximum atomic E-state index is 14.5. The zero-order chi connectivity index (χ0) is 22.5. The number of nitrogens with zero attached hydrogens (tertiary/aromatic N) is 2. The van der Waals surface area contributed by atoms with Crippen LogP contribution >= 0.6 is 11.6 Å². The van der Waals surface area contributed by atoms with E-state index < -0.39 is 38.5 Å². The van der Waals surface area contributed by atoms with Crippen LogP contribution in [0, 0.1) is 17.5 Å². The van der Waals surface area contributed by atoms with Gasteiger partial charge in [-0.3, -0.25) is 9.71 Å². The molecule has 2 rings (SSSR count). The molecule has 0 aliphatic rings. The quantitative estimate of drug-likeness (QED) is 0.415. The van der Waals surface area contributed by atoms with E-state index in [0.29, 0.717) is 12.1 Å². The van der Waals surface area contributed by atoms with E-state index in [1.165, 1.54) is 25.4 Å². The monoisotopic (exact) mass is 459 g/mol. The molecule has 160 valence electrons. The van der Waals surface area contributed by atoms with Crippen LogP contribution in [0.15, 0.2) is 57.1 Å². The number of aliphatic imine (C=N–C) groups is 2. The predicted molar refractivity (Wildman–Crippen MR) is 111 cm³/mol. The lowest BCUT2D eigenvalue weighted by molar-refractivity contribution is 0.516. The maximum absolute atomic E-state index is 14.5. The number of hydrogen-bond donors (Lipinski definition) is 3. The average molecular weight is 460 g/mol. The van der Waals surface area contributed by atoms with E-state index in [1.54, 1.807) is 0 Å². The second-order valence-corrected chi connectivity index (χ2v) is 7.84. The first-order valence-corrected chi connectivity index (χ1v) is 10.0. The van der Waals surface area contributed by atoms with Crippen LogP contribution in [0.2, 0.25) is 5.02 Å². The Bertz CT molecular complexity index is 1100. The van der Waals surface area contributed by atoms with Crippen LogP contribution in [0.1, 0.15) is 11.7 Å². The highest BCUT2D eigenvalue weighted by Crippen LogP contribution is 2.27. The molecule has 0 saturated heterocycles. The molecule has 12 heteroatoms. The molecule has 0 saturated carbocycles. The summed E-state index contributed by atoms with van der Waals surface area (Å²) in [4.78, 5) is 5.78. The zero-order valence-corrected chi connectivity index (χ0v) is 17.1. The lowest BCUT2D eigenvalue weighted by Gasteiger charge is -2.18. The largest absolute Gasteiger partial charge is 0.366 e. The molecule has 0 unspecified atom stereocenters. The Balaban J connectivity index is 2.35. The Labute approximate surface area is 176 Å². The van der Waals surface area contributed by atoms with Crippen LogP contribution in [0.5, 0.6) is 0 Å². The third-order valence-electron chi connectivity index (χ3n) is 3.67. The van der Waals surface area contributed by atoms with E-state index in [0.717, 1.165) is 12.1 Å². The van der Waals surface area contributed by atoms with Crippen molar-refractivity contribution in [2.24, 2.45) is 15.7 Å². The van der Waals surface area contributed by atoms with E-state index in [4.69, 9.17) is 17.3 Å². The van der Waals surface area contributed by atoms with Crippen molar-refractivity contribution in [3.63, 3.8) is 0 Å². The van der Waals surface area contributed by atoms with Gasteiger partial charge in [-0.15, -0.1) is 0 Å². The molecule has 0 heterocycles. The van der Waals surface area contributed by atoms with Crippen molar-refractivity contribution in [2.45, 2.75) is 11.1 Å². The van der Waals surface area contributed by atoms with Gasteiger partial charge in [-0.05, 0) is 43.1 Å². The highest BCUT2D eigenvalue weighted by molar-refractivity contribution is 7.89. The van der Waals surface area contributed by atoms with Gasteiger partial charge >= 0.3 is 0 Å². The van der Waals surface area contributed by atoms with Gasteiger partial charge in [0, 0.05) is 29.5 Å². The van der Waals surface area contributed by atoms with Gasteiger partial charge in [-0.25, -0.2) is 26.6 Å². The van der Waals surface area contributed by atoms with Crippen LogP contribution in [0.25, 0.3) is 0 Å². The minimum Gasteiger partial charge on any atom is -0.366 e. The maximum Gasteiger partial charge on any atom is 0.268 e. The van der Waals surface area contributed by atoms with Gasteiger partial charge in [-0.1, -0.05) is 11.6 Å². The molecule has 7 nitrogen and oxygen atoms in total. The molecule has 1 atom stereocenters. The molecule has 0 radical (unpaired) electrons. The molecule has 0 aliphatic carbocycles. The number of nitrogens with one attached hydrogen (secondary N) is 2. The lowest BCUT2D eigenvalue weighted by atomic mass is 10.1. The summed E-state index contributed by atoms with van der Waals surface area (Å²) in [6.45, 7) is 3.17. The Kier molecular flexibility index (Phi) is 7.59. The van der Waals surface area contributed by atoms with Crippen molar-refractivity contribution in [1.82, 2.24) is 4.72 Å². The third-order valence-corrected chi connectivity index (χ3v) is 5.31. The number of benzene rings is 2. The summed E-state index contributed by atoms with van der Waals surface area (Å²) in [5, 5.41) is 2.70. The lowest BCUT2D eigenvalue weighted by Crippen LogP contribution is -2.25. The second kappa shape index (κ2) is 9.74. The van der Waals surface area contributed by atoms with Gasteiger partial charge in [0.25, 0.3) is 10.0 Å². The first-order chi connectivity index (χ1) is 14.1. The molecule has 30 heavy (non-hydrogen) atoms. The molecule has 0 fully saturated rings. The van der Waals surface area contributed by atoms with E-state index in [-0.39, 0.29) is 22.1 Å². The first kappa shape index (κ1) is 23.4. The Morgan fingerprint density at radius 1 is 1.20 bits per heavy atom. The van der Waals surface area contributed by atoms with E-state index in [1.807, 2.05) is 4.72 Å². The number of hydrogen-bond acceptors (Lipinski definition) is 6. The number of halogens is 4. The van der Waals surface area contributed by atoms with E-state index in [9.17, 15) is 21.6 Å². The van der Waals surface area contributed by atoms with Crippen LogP contribution in [0.4, 0.5) is 18.9 Å². The molecule has 0 bridgehead atoms. The highest BCUT2D eigenvalue weighted by Gasteiger charge is 2.26. The summed E-state index contributed by atoms with van der Waals surface area (Å²) in [7, 11) is -3.25. The molecular weight excluding hydrogens is 443 g/mol. The van der Waals surface area contributed by atoms with Gasteiger partial charge in [0.15, 0.2) is 4.90 Å². The minimum absolute atomic E-state index is 0.0499. The van der Waals surface area contributed by atoms with E-state index in [2.05, 4.69) is 22.0 Å². The van der Waals surface area contributed by atoms with Crippen LogP contribution in [-0.4, -0.2) is 28.4 Å². The van der Waals surface area contributed by atoms with Crippen molar-refractivity contribution in [3.05, 3.63) is 70.3 Å². The molecule has 0 spiro atoms. The van der Waals surface area contributed by atoms with Gasteiger partial charge in [0.1, 0.15) is 29.4 Å². The summed E-state index contributed by atoms with van der Waals surface area (Å²) in [5.74, 6) is -3.79. The van der Waals surface area contributed by atoms with Crippen molar-refractivity contribution in [3.8, 4) is 0 Å². The van der Waals surface area contributed by atoms with Gasteiger partial charge in [0.05, 0.1) is 0 Å². The second-order valence-electron chi connectivity index (χ2n) is 5.78. The summed E-state index contributed by atoms with van der Waals surface area (Å²) in [5.41, 5.74) is 5.56. The predicted octanol–water partition coefficient (Wildman–Crippen LogP) is 3.35. The fourth-order valence-corrected chi connectivity index (χ4v) is 3.68. The van der Waals surface area contributed by atoms with Crippen molar-refractivity contribution in [2.75, 3.05) is 12.4 Å². The van der Waals surface area contributed by atoms with E-state index >= 15 is 0 Å². The van der Waals surface area contributed by atoms with Crippen LogP contribution in [0.3, 0.4) is 0 Å². The highest BCUT2D eigenvalue weighted by atomic mass is 35.5. The molecule has 0 aliphatic heterocycles. The third kappa shape index (κ3) is 5.59. The van der Waals surface area contributed by atoms with Gasteiger partial charge in [0.2, 0.25) is 0 Å². The van der Waals surface area contributed by atoms with Crippen LogP contribution in [-0.2, 0) is 10.0 Å². The average Bonchev–Trinajstić information content (AvgIpc) is 2.66. The van der Waals surface area contributed by atoms with Gasteiger partial charge < -0.3 is 11.1 Å². The summed E-state index contributed by atoms with van der Waals surface area (Å²) in [6, 6.07) is 5.06. The molecule has 4 N–H and O–H groups in total. The first-order valence-electron chi connectivity index (χ1n) is 8.17. The standard InChI is InChI=1S/C18H17ClF3N5O2S/c1-24-6-5-16(25-2)27-30(28,29)17-14(21)8-11(9-15(17)22)26-18(23)12-7-10(19)3-4-13(12)20/h3-9,18,26-27H,2,23H2,1H3/b16-5+,24-6?/t18-/m1/s1. The Morgan fingerprint density at radius 3 is 2.40 bits per heavy atom. The van der Waals surface area contributed by atoms with Crippen molar-refractivity contribution < 1.29 is 21.6 Å².